The Hall–Kier alpha value is -2.01. The van der Waals surface area contributed by atoms with Crippen LogP contribution in [0.3, 0.4) is 0 Å². The van der Waals surface area contributed by atoms with Crippen LogP contribution in [0.1, 0.15) is 19.5 Å². The van der Waals surface area contributed by atoms with Crippen molar-refractivity contribution in [1.82, 2.24) is 10.3 Å². The van der Waals surface area contributed by atoms with E-state index in [1.807, 2.05) is 56.4 Å². The van der Waals surface area contributed by atoms with Gasteiger partial charge in [0, 0.05) is 17.6 Å². The third-order valence-electron chi connectivity index (χ3n) is 2.59. The van der Waals surface area contributed by atoms with Crippen LogP contribution in [0.5, 0.6) is 5.75 Å². The van der Waals surface area contributed by atoms with Crippen molar-refractivity contribution < 1.29 is 4.74 Å². The van der Waals surface area contributed by atoms with Gasteiger partial charge in [0.2, 0.25) is 0 Å². The maximum atomic E-state index is 5.59. The second kappa shape index (κ2) is 6.96. The molecule has 0 atom stereocenters. The molecule has 20 heavy (non-hydrogen) atoms. The average Bonchev–Trinajstić information content (AvgIpc) is 2.91. The zero-order valence-electron chi connectivity index (χ0n) is 11.6. The fourth-order valence-electron chi connectivity index (χ4n) is 1.72. The molecule has 0 bridgehead atoms. The summed E-state index contributed by atoms with van der Waals surface area (Å²) in [4.78, 5) is 3.12. The van der Waals surface area contributed by atoms with E-state index in [0.717, 1.165) is 17.1 Å². The minimum absolute atomic E-state index is 0.178. The van der Waals surface area contributed by atoms with E-state index in [1.54, 1.807) is 0 Å². The molecule has 2 rings (SSSR count). The summed E-state index contributed by atoms with van der Waals surface area (Å²) in [6, 6.07) is 11.7. The van der Waals surface area contributed by atoms with Crippen LogP contribution in [-0.4, -0.2) is 16.2 Å². The van der Waals surface area contributed by atoms with Gasteiger partial charge in [0.15, 0.2) is 5.11 Å². The number of anilines is 1. The molecule has 5 heteroatoms. The number of H-pyrrole nitrogens is 1. The molecular formula is C15H19N3OS. The molecule has 0 saturated heterocycles. The van der Waals surface area contributed by atoms with Crippen molar-refractivity contribution in [3.8, 4) is 5.75 Å². The number of rotatable bonds is 5. The van der Waals surface area contributed by atoms with E-state index in [-0.39, 0.29) is 6.10 Å². The highest BCUT2D eigenvalue weighted by Crippen LogP contribution is 2.16. The minimum atomic E-state index is 0.178. The predicted octanol–water partition coefficient (Wildman–Crippen LogP) is 3.29. The number of benzene rings is 1. The number of aromatic amines is 1. The average molecular weight is 289 g/mol. The fraction of sp³-hybridized carbons (Fsp3) is 0.267. The van der Waals surface area contributed by atoms with Crippen molar-refractivity contribution in [1.29, 1.82) is 0 Å². The van der Waals surface area contributed by atoms with Crippen LogP contribution in [0, 0.1) is 0 Å². The molecule has 0 aliphatic carbocycles. The molecule has 106 valence electrons. The van der Waals surface area contributed by atoms with Gasteiger partial charge in [-0.2, -0.15) is 0 Å². The van der Waals surface area contributed by atoms with Gasteiger partial charge in [-0.1, -0.05) is 0 Å². The molecule has 1 aromatic heterocycles. The molecule has 0 radical (unpaired) electrons. The molecular weight excluding hydrogens is 270 g/mol. The van der Waals surface area contributed by atoms with E-state index in [4.69, 9.17) is 17.0 Å². The Morgan fingerprint density at radius 3 is 2.60 bits per heavy atom. The first-order valence-corrected chi connectivity index (χ1v) is 6.98. The third-order valence-corrected chi connectivity index (χ3v) is 2.83. The fourth-order valence-corrected chi connectivity index (χ4v) is 1.91. The largest absolute Gasteiger partial charge is 0.491 e. The van der Waals surface area contributed by atoms with Gasteiger partial charge in [0.25, 0.3) is 0 Å². The molecule has 1 aromatic carbocycles. The number of nitrogens with one attached hydrogen (secondary N) is 3. The van der Waals surface area contributed by atoms with Gasteiger partial charge in [0.1, 0.15) is 5.75 Å². The molecule has 0 aliphatic rings. The highest BCUT2D eigenvalue weighted by Gasteiger charge is 2.00. The maximum absolute atomic E-state index is 5.59. The van der Waals surface area contributed by atoms with Crippen molar-refractivity contribution in [3.05, 3.63) is 48.3 Å². The number of hydrogen-bond donors (Lipinski definition) is 3. The van der Waals surface area contributed by atoms with E-state index in [2.05, 4.69) is 15.6 Å². The Bertz CT molecular complexity index is 535. The Morgan fingerprint density at radius 2 is 2.00 bits per heavy atom. The lowest BCUT2D eigenvalue weighted by Gasteiger charge is -2.12. The van der Waals surface area contributed by atoms with Crippen LogP contribution in [0.15, 0.2) is 42.6 Å². The van der Waals surface area contributed by atoms with Crippen molar-refractivity contribution in [3.63, 3.8) is 0 Å². The van der Waals surface area contributed by atoms with Gasteiger partial charge < -0.3 is 20.4 Å². The highest BCUT2D eigenvalue weighted by molar-refractivity contribution is 7.80. The summed E-state index contributed by atoms with van der Waals surface area (Å²) in [7, 11) is 0. The summed E-state index contributed by atoms with van der Waals surface area (Å²) < 4.78 is 5.59. The Morgan fingerprint density at radius 1 is 1.25 bits per heavy atom. The standard InChI is InChI=1S/C15H19N3OS/c1-11(2)19-14-7-5-12(6-8-14)18-15(20)17-10-13-4-3-9-16-13/h3-9,11,16H,10H2,1-2H3,(H2,17,18,20). The number of aromatic nitrogens is 1. The lowest BCUT2D eigenvalue weighted by molar-refractivity contribution is 0.242. The highest BCUT2D eigenvalue weighted by atomic mass is 32.1. The first-order valence-electron chi connectivity index (χ1n) is 6.57. The van der Waals surface area contributed by atoms with Crippen LogP contribution >= 0.6 is 12.2 Å². The van der Waals surface area contributed by atoms with Crippen LogP contribution < -0.4 is 15.4 Å². The van der Waals surface area contributed by atoms with E-state index >= 15 is 0 Å². The Labute approximate surface area is 124 Å². The predicted molar refractivity (Wildman–Crippen MR) is 86.1 cm³/mol. The zero-order valence-corrected chi connectivity index (χ0v) is 12.5. The van der Waals surface area contributed by atoms with Crippen LogP contribution in [0.25, 0.3) is 0 Å². The molecule has 0 unspecified atom stereocenters. The molecule has 0 saturated carbocycles. The van der Waals surface area contributed by atoms with Crippen LogP contribution in [-0.2, 0) is 6.54 Å². The van der Waals surface area contributed by atoms with Crippen molar-refractivity contribution in [2.75, 3.05) is 5.32 Å². The summed E-state index contributed by atoms with van der Waals surface area (Å²) in [5, 5.41) is 6.87. The second-order valence-corrected chi connectivity index (χ2v) is 5.10. The molecule has 2 aromatic rings. The summed E-state index contributed by atoms with van der Waals surface area (Å²) in [5.41, 5.74) is 2.03. The minimum Gasteiger partial charge on any atom is -0.491 e. The smallest absolute Gasteiger partial charge is 0.171 e. The summed E-state index contributed by atoms with van der Waals surface area (Å²) in [6.45, 7) is 4.69. The molecule has 1 heterocycles. The molecule has 0 aliphatic heterocycles. The van der Waals surface area contributed by atoms with Crippen molar-refractivity contribution >= 4 is 23.0 Å². The number of thiocarbonyl (C=S) groups is 1. The van der Waals surface area contributed by atoms with Crippen LogP contribution in [0.4, 0.5) is 5.69 Å². The number of ether oxygens (including phenoxy) is 1. The molecule has 3 N–H and O–H groups in total. The quantitative estimate of drug-likeness (QED) is 0.739. The maximum Gasteiger partial charge on any atom is 0.171 e. The Balaban J connectivity index is 1.81. The van der Waals surface area contributed by atoms with Gasteiger partial charge in [-0.15, -0.1) is 0 Å². The third kappa shape index (κ3) is 4.59. The lowest BCUT2D eigenvalue weighted by Crippen LogP contribution is -2.27. The summed E-state index contributed by atoms with van der Waals surface area (Å²) >= 11 is 5.24. The second-order valence-electron chi connectivity index (χ2n) is 4.69. The number of hydrogen-bond acceptors (Lipinski definition) is 2. The van der Waals surface area contributed by atoms with Gasteiger partial charge >= 0.3 is 0 Å². The molecule has 0 fully saturated rings. The zero-order chi connectivity index (χ0) is 14.4. The van der Waals surface area contributed by atoms with Gasteiger partial charge in [-0.3, -0.25) is 0 Å². The van der Waals surface area contributed by atoms with Gasteiger partial charge in [-0.05, 0) is 62.5 Å². The van der Waals surface area contributed by atoms with Gasteiger partial charge in [0.05, 0.1) is 12.6 Å². The SMILES string of the molecule is CC(C)Oc1ccc(NC(=S)NCc2ccc[nH]2)cc1. The molecule has 0 spiro atoms. The molecule has 0 amide bonds. The van der Waals surface area contributed by atoms with E-state index in [0.29, 0.717) is 11.7 Å². The van der Waals surface area contributed by atoms with Crippen molar-refractivity contribution in [2.45, 2.75) is 26.5 Å². The summed E-state index contributed by atoms with van der Waals surface area (Å²) in [6.07, 6.45) is 2.07. The lowest BCUT2D eigenvalue weighted by atomic mass is 10.3. The first-order chi connectivity index (χ1) is 9.63. The Kier molecular flexibility index (Phi) is 5.01. The van der Waals surface area contributed by atoms with E-state index < -0.39 is 0 Å². The van der Waals surface area contributed by atoms with Crippen LogP contribution in [0.2, 0.25) is 0 Å². The van der Waals surface area contributed by atoms with Gasteiger partial charge in [-0.25, -0.2) is 0 Å². The normalized spacial score (nSPS) is 10.3. The van der Waals surface area contributed by atoms with E-state index in [1.165, 1.54) is 0 Å². The first kappa shape index (κ1) is 14.4. The van der Waals surface area contributed by atoms with E-state index in [9.17, 15) is 0 Å². The van der Waals surface area contributed by atoms with Crippen molar-refractivity contribution in [2.24, 2.45) is 0 Å². The molecule has 4 nitrogen and oxygen atoms in total. The monoisotopic (exact) mass is 289 g/mol. The summed E-state index contributed by atoms with van der Waals surface area (Å²) in [5.74, 6) is 0.857. The topological polar surface area (TPSA) is 49.1 Å².